The monoisotopic (exact) mass is 460 g/mol. The molecule has 0 aromatic carbocycles. The highest BCUT2D eigenvalue weighted by Gasteiger charge is 2.33. The third kappa shape index (κ3) is 6.05. The number of ether oxygens (including phenoxy) is 2. The summed E-state index contributed by atoms with van der Waals surface area (Å²) < 4.78 is 10.9. The Bertz CT molecular complexity index is 1070. The molecular weight excluding hydrogens is 424 g/mol. The molecule has 0 fully saturated rings. The van der Waals surface area contributed by atoms with Gasteiger partial charge in [-0.3, -0.25) is 0 Å². The van der Waals surface area contributed by atoms with Crippen LogP contribution in [0.3, 0.4) is 0 Å². The third-order valence-electron chi connectivity index (χ3n) is 7.11. The highest BCUT2D eigenvalue weighted by Crippen LogP contribution is 2.40. The molecule has 0 aliphatic heterocycles. The molecule has 3 aliphatic rings. The zero-order chi connectivity index (χ0) is 24.9. The van der Waals surface area contributed by atoms with Gasteiger partial charge >= 0.3 is 11.9 Å². The Morgan fingerprint density at radius 3 is 1.79 bits per heavy atom. The smallest absolute Gasteiger partial charge is 0.338 e. The van der Waals surface area contributed by atoms with Crippen LogP contribution in [-0.4, -0.2) is 18.0 Å². The van der Waals surface area contributed by atoms with Crippen molar-refractivity contribution < 1.29 is 19.1 Å². The first-order valence-corrected chi connectivity index (χ1v) is 12.0. The molecule has 34 heavy (non-hydrogen) atoms. The molecule has 0 amide bonds. The van der Waals surface area contributed by atoms with Crippen LogP contribution in [-0.2, 0) is 19.1 Å². The first kappa shape index (κ1) is 25.5. The SMILES string of the molecule is C=CC(=O)OC(C)C(C)(C)C1=CC=C(C2=CC=C(C3=CC=C(OC(=O)C(=C)C)CC3)CC2)CC1. The molecule has 1 atom stereocenters. The van der Waals surface area contributed by atoms with Crippen LogP contribution in [0.1, 0.15) is 66.2 Å². The van der Waals surface area contributed by atoms with Gasteiger partial charge in [0.1, 0.15) is 11.9 Å². The van der Waals surface area contributed by atoms with Gasteiger partial charge in [0.25, 0.3) is 0 Å². The van der Waals surface area contributed by atoms with E-state index in [4.69, 9.17) is 9.47 Å². The predicted molar refractivity (Wildman–Crippen MR) is 137 cm³/mol. The highest BCUT2D eigenvalue weighted by atomic mass is 16.5. The second kappa shape index (κ2) is 10.9. The molecule has 4 heteroatoms. The summed E-state index contributed by atoms with van der Waals surface area (Å²) in [6.45, 7) is 15.0. The fraction of sp³-hybridized carbons (Fsp3) is 0.400. The topological polar surface area (TPSA) is 52.6 Å². The average molecular weight is 461 g/mol. The van der Waals surface area contributed by atoms with E-state index in [-0.39, 0.29) is 23.5 Å². The van der Waals surface area contributed by atoms with E-state index in [2.05, 4.69) is 57.4 Å². The van der Waals surface area contributed by atoms with Gasteiger partial charge in [0.15, 0.2) is 0 Å². The molecular formula is C30H36O4. The molecule has 0 saturated carbocycles. The molecule has 0 saturated heterocycles. The number of hydrogen-bond acceptors (Lipinski definition) is 4. The molecule has 3 rings (SSSR count). The highest BCUT2D eigenvalue weighted by molar-refractivity contribution is 5.87. The van der Waals surface area contributed by atoms with Crippen molar-refractivity contribution in [2.75, 3.05) is 0 Å². The van der Waals surface area contributed by atoms with Crippen molar-refractivity contribution >= 4 is 11.9 Å². The molecule has 0 aromatic rings. The van der Waals surface area contributed by atoms with Gasteiger partial charge in [0, 0.05) is 23.5 Å². The maximum atomic E-state index is 11.7. The third-order valence-corrected chi connectivity index (χ3v) is 7.11. The van der Waals surface area contributed by atoms with E-state index in [9.17, 15) is 9.59 Å². The van der Waals surface area contributed by atoms with Crippen LogP contribution in [0.5, 0.6) is 0 Å². The Balaban J connectivity index is 1.67. The van der Waals surface area contributed by atoms with Crippen LogP contribution >= 0.6 is 0 Å². The zero-order valence-electron chi connectivity index (χ0n) is 20.9. The Morgan fingerprint density at radius 2 is 1.38 bits per heavy atom. The summed E-state index contributed by atoms with van der Waals surface area (Å²) in [6, 6.07) is 0. The molecule has 180 valence electrons. The van der Waals surface area contributed by atoms with Crippen LogP contribution in [0.25, 0.3) is 0 Å². The van der Waals surface area contributed by atoms with E-state index in [1.807, 2.05) is 13.0 Å². The molecule has 3 aliphatic carbocycles. The van der Waals surface area contributed by atoms with Crippen molar-refractivity contribution in [3.8, 4) is 0 Å². The molecule has 0 spiro atoms. The van der Waals surface area contributed by atoms with E-state index < -0.39 is 0 Å². The number of allylic oxidation sites excluding steroid dienone is 11. The van der Waals surface area contributed by atoms with Gasteiger partial charge in [-0.1, -0.05) is 63.0 Å². The molecule has 0 N–H and O–H groups in total. The number of esters is 2. The van der Waals surface area contributed by atoms with Crippen LogP contribution in [0.15, 0.2) is 94.9 Å². The molecule has 0 bridgehead atoms. The van der Waals surface area contributed by atoms with Crippen molar-refractivity contribution in [1.29, 1.82) is 0 Å². The van der Waals surface area contributed by atoms with Gasteiger partial charge in [-0.2, -0.15) is 0 Å². The number of carbonyl (C=O) groups is 2. The van der Waals surface area contributed by atoms with Crippen LogP contribution in [0, 0.1) is 5.41 Å². The Labute approximate surface area is 203 Å². The minimum absolute atomic E-state index is 0.221. The van der Waals surface area contributed by atoms with Gasteiger partial charge in [-0.05, 0) is 74.3 Å². The zero-order valence-corrected chi connectivity index (χ0v) is 20.9. The van der Waals surface area contributed by atoms with Gasteiger partial charge in [-0.15, -0.1) is 0 Å². The van der Waals surface area contributed by atoms with Gasteiger partial charge in [0.05, 0.1) is 0 Å². The molecule has 4 nitrogen and oxygen atoms in total. The first-order chi connectivity index (χ1) is 16.1. The van der Waals surface area contributed by atoms with Crippen molar-refractivity contribution in [3.63, 3.8) is 0 Å². The summed E-state index contributed by atoms with van der Waals surface area (Å²) >= 11 is 0. The lowest BCUT2D eigenvalue weighted by molar-refractivity contribution is -0.146. The van der Waals surface area contributed by atoms with Crippen LogP contribution in [0.2, 0.25) is 0 Å². The Kier molecular flexibility index (Phi) is 8.14. The average Bonchev–Trinajstić information content (AvgIpc) is 2.84. The Hall–Kier alpha value is -3.14. The Morgan fingerprint density at radius 1 is 0.882 bits per heavy atom. The number of rotatable bonds is 8. The normalized spacial score (nSPS) is 19.3. The van der Waals surface area contributed by atoms with E-state index in [1.165, 1.54) is 33.9 Å². The summed E-state index contributed by atoms with van der Waals surface area (Å²) in [4.78, 5) is 23.3. The van der Waals surface area contributed by atoms with Crippen LogP contribution in [0.4, 0.5) is 0 Å². The summed E-state index contributed by atoms with van der Waals surface area (Å²) in [5.74, 6) is -0.0344. The van der Waals surface area contributed by atoms with Crippen molar-refractivity contribution in [3.05, 3.63) is 94.9 Å². The summed E-state index contributed by atoms with van der Waals surface area (Å²) in [7, 11) is 0. The lowest BCUT2D eigenvalue weighted by Crippen LogP contribution is -2.33. The van der Waals surface area contributed by atoms with Crippen LogP contribution < -0.4 is 0 Å². The first-order valence-electron chi connectivity index (χ1n) is 12.0. The molecule has 1 unspecified atom stereocenters. The van der Waals surface area contributed by atoms with Gasteiger partial charge < -0.3 is 9.47 Å². The maximum Gasteiger partial charge on any atom is 0.338 e. The summed E-state index contributed by atoms with van der Waals surface area (Å²) in [6.07, 6.45) is 19.5. The second-order valence-corrected chi connectivity index (χ2v) is 9.77. The molecule has 0 radical (unpaired) electrons. The predicted octanol–water partition coefficient (Wildman–Crippen LogP) is 7.15. The minimum Gasteiger partial charge on any atom is -0.459 e. The number of hydrogen-bond donors (Lipinski definition) is 0. The summed E-state index contributed by atoms with van der Waals surface area (Å²) in [5.41, 5.74) is 6.94. The van der Waals surface area contributed by atoms with Crippen molar-refractivity contribution in [2.24, 2.45) is 5.41 Å². The second-order valence-electron chi connectivity index (χ2n) is 9.77. The lowest BCUT2D eigenvalue weighted by Gasteiger charge is -2.35. The van der Waals surface area contributed by atoms with E-state index in [0.29, 0.717) is 11.3 Å². The van der Waals surface area contributed by atoms with E-state index >= 15 is 0 Å². The molecule has 0 heterocycles. The summed E-state index contributed by atoms with van der Waals surface area (Å²) in [5, 5.41) is 0. The van der Waals surface area contributed by atoms with E-state index in [1.54, 1.807) is 6.92 Å². The standard InChI is InChI=1S/C30H36O4/c1-7-28(31)33-21(4)30(5,6)26-16-12-24(13-17-26)22-8-10-23(11-9-22)25-14-18-27(19-15-25)34-29(32)20(2)3/h7-8,10,12,14,16,18,21H,1-2,9,11,13,15,17,19H2,3-6H3. The fourth-order valence-electron chi connectivity index (χ4n) is 4.42. The largest absolute Gasteiger partial charge is 0.459 e. The van der Waals surface area contributed by atoms with Gasteiger partial charge in [-0.25, -0.2) is 9.59 Å². The molecule has 0 aromatic heterocycles. The van der Waals surface area contributed by atoms with E-state index in [0.717, 1.165) is 38.5 Å². The van der Waals surface area contributed by atoms with Crippen molar-refractivity contribution in [1.82, 2.24) is 0 Å². The minimum atomic E-state index is -0.379. The fourth-order valence-corrected chi connectivity index (χ4v) is 4.42. The maximum absolute atomic E-state index is 11.7. The van der Waals surface area contributed by atoms with Gasteiger partial charge in [0.2, 0.25) is 0 Å². The lowest BCUT2D eigenvalue weighted by atomic mass is 9.74. The number of carbonyl (C=O) groups excluding carboxylic acids is 2. The quantitative estimate of drug-likeness (QED) is 0.285. The van der Waals surface area contributed by atoms with Crippen molar-refractivity contribution in [2.45, 2.75) is 72.3 Å².